The highest BCUT2D eigenvalue weighted by Crippen LogP contribution is 2.31. The average Bonchev–Trinajstić information content (AvgIpc) is 2.28. The van der Waals surface area contributed by atoms with Gasteiger partial charge in [0.05, 0.1) is 10.6 Å². The molecule has 5 N–H and O–H groups in total. The van der Waals surface area contributed by atoms with Crippen molar-refractivity contribution in [2.45, 2.75) is 16.7 Å². The molecule has 0 radical (unpaired) electrons. The average molecular weight is 310 g/mol. The molecule has 1 amide bonds. The molecule has 0 aliphatic rings. The number of halogens is 1. The third-order valence-electron chi connectivity index (χ3n) is 2.05. The molecule has 0 bridgehead atoms. The molecule has 0 saturated carbocycles. The molecule has 0 heterocycles. The molecular formula is C9H12ClN3O3S2. The number of nitrogens with two attached hydrogens (primary N) is 2. The summed E-state index contributed by atoms with van der Waals surface area (Å²) in [4.78, 5) is 11.3. The molecule has 0 saturated heterocycles. The van der Waals surface area contributed by atoms with E-state index in [-0.39, 0.29) is 10.6 Å². The molecule has 0 spiro atoms. The van der Waals surface area contributed by atoms with Crippen molar-refractivity contribution in [3.63, 3.8) is 0 Å². The number of rotatable bonds is 4. The van der Waals surface area contributed by atoms with Gasteiger partial charge < -0.3 is 0 Å². The first-order valence-electron chi connectivity index (χ1n) is 4.71. The number of hydrogen-bond donors (Lipinski definition) is 3. The van der Waals surface area contributed by atoms with E-state index in [1.165, 1.54) is 12.1 Å². The molecule has 6 nitrogen and oxygen atoms in total. The third kappa shape index (κ3) is 3.85. The summed E-state index contributed by atoms with van der Waals surface area (Å²) < 4.78 is 22.9. The van der Waals surface area contributed by atoms with Gasteiger partial charge in [-0.25, -0.2) is 19.4 Å². The molecule has 9 heteroatoms. The van der Waals surface area contributed by atoms with Gasteiger partial charge in [-0.3, -0.25) is 10.2 Å². The number of nitrogens with one attached hydrogen (secondary N) is 1. The van der Waals surface area contributed by atoms with Crippen LogP contribution in [0.15, 0.2) is 21.9 Å². The van der Waals surface area contributed by atoms with E-state index in [0.717, 1.165) is 11.8 Å². The highest BCUT2D eigenvalue weighted by molar-refractivity contribution is 8.00. The van der Waals surface area contributed by atoms with Crippen molar-refractivity contribution >= 4 is 39.3 Å². The lowest BCUT2D eigenvalue weighted by molar-refractivity contribution is -0.118. The smallest absolute Gasteiger partial charge is 0.244 e. The van der Waals surface area contributed by atoms with Crippen molar-refractivity contribution < 1.29 is 13.2 Å². The number of amides is 1. The molecule has 0 aliphatic carbocycles. The Morgan fingerprint density at radius 1 is 1.50 bits per heavy atom. The number of aryl methyl sites for hydroxylation is 1. The van der Waals surface area contributed by atoms with Crippen LogP contribution in [0.1, 0.15) is 5.56 Å². The summed E-state index contributed by atoms with van der Waals surface area (Å²) in [6.07, 6.45) is 0. The van der Waals surface area contributed by atoms with Gasteiger partial charge in [0.2, 0.25) is 15.9 Å². The molecule has 0 atom stereocenters. The van der Waals surface area contributed by atoms with Crippen molar-refractivity contribution in [3.8, 4) is 0 Å². The van der Waals surface area contributed by atoms with Crippen LogP contribution in [0.25, 0.3) is 0 Å². The van der Waals surface area contributed by atoms with Crippen LogP contribution >= 0.6 is 23.4 Å². The molecule has 1 rings (SSSR count). The van der Waals surface area contributed by atoms with Gasteiger partial charge in [-0.1, -0.05) is 11.6 Å². The minimum Gasteiger partial charge on any atom is -0.294 e. The Balaban J connectivity index is 3.17. The summed E-state index contributed by atoms with van der Waals surface area (Å²) in [6.45, 7) is 1.66. The number of hydrogen-bond acceptors (Lipinski definition) is 5. The topological polar surface area (TPSA) is 115 Å². The van der Waals surface area contributed by atoms with Crippen molar-refractivity contribution in [1.29, 1.82) is 0 Å². The van der Waals surface area contributed by atoms with Gasteiger partial charge in [0.25, 0.3) is 0 Å². The Morgan fingerprint density at radius 2 is 2.11 bits per heavy atom. The number of sulfonamides is 1. The largest absolute Gasteiger partial charge is 0.294 e. The van der Waals surface area contributed by atoms with E-state index < -0.39 is 15.9 Å². The maximum atomic E-state index is 11.4. The molecule has 1 aromatic carbocycles. The zero-order chi connectivity index (χ0) is 13.9. The fourth-order valence-electron chi connectivity index (χ4n) is 1.16. The molecule has 18 heavy (non-hydrogen) atoms. The van der Waals surface area contributed by atoms with Crippen molar-refractivity contribution in [3.05, 3.63) is 22.7 Å². The van der Waals surface area contributed by atoms with Gasteiger partial charge in [0, 0.05) is 9.92 Å². The summed E-state index contributed by atoms with van der Waals surface area (Å²) in [5.74, 6) is 4.47. The predicted molar refractivity (Wildman–Crippen MR) is 70.6 cm³/mol. The van der Waals surface area contributed by atoms with E-state index in [2.05, 4.69) is 0 Å². The number of primary sulfonamides is 1. The third-order valence-corrected chi connectivity index (χ3v) is 4.59. The van der Waals surface area contributed by atoms with Crippen LogP contribution in [0.3, 0.4) is 0 Å². The van der Waals surface area contributed by atoms with E-state index in [0.29, 0.717) is 15.5 Å². The standard InChI is InChI=1S/C9H12ClN3O3S2/c1-5-2-8(18(12,15)16)7(3-6(5)10)17-4-9(14)13-11/h2-3H,4,11H2,1H3,(H,13,14)(H2,12,15,16). The van der Waals surface area contributed by atoms with Crippen molar-refractivity contribution in [1.82, 2.24) is 5.43 Å². The number of carbonyl (C=O) groups is 1. The Morgan fingerprint density at radius 3 is 2.61 bits per heavy atom. The Hall–Kier alpha value is -0.800. The summed E-state index contributed by atoms with van der Waals surface area (Å²) in [6, 6.07) is 2.84. The van der Waals surface area contributed by atoms with Crippen LogP contribution in [0.2, 0.25) is 5.02 Å². The van der Waals surface area contributed by atoms with Gasteiger partial charge in [-0.2, -0.15) is 0 Å². The maximum absolute atomic E-state index is 11.4. The molecule has 0 aromatic heterocycles. The van der Waals surface area contributed by atoms with Crippen LogP contribution in [0, 0.1) is 6.92 Å². The minimum absolute atomic E-state index is 0.0294. The van der Waals surface area contributed by atoms with Gasteiger partial charge in [-0.15, -0.1) is 11.8 Å². The van der Waals surface area contributed by atoms with Gasteiger partial charge in [0.15, 0.2) is 0 Å². The number of benzene rings is 1. The first kappa shape index (κ1) is 15.3. The van der Waals surface area contributed by atoms with Crippen molar-refractivity contribution in [2.75, 3.05) is 5.75 Å². The monoisotopic (exact) mass is 309 g/mol. The van der Waals surface area contributed by atoms with E-state index in [1.54, 1.807) is 6.92 Å². The van der Waals surface area contributed by atoms with Gasteiger partial charge >= 0.3 is 0 Å². The summed E-state index contributed by atoms with van der Waals surface area (Å²) in [5, 5.41) is 5.51. The Kier molecular flexibility index (Phi) is 5.00. The minimum atomic E-state index is -3.87. The second-order valence-electron chi connectivity index (χ2n) is 3.45. The molecule has 0 aliphatic heterocycles. The lowest BCUT2D eigenvalue weighted by Gasteiger charge is -2.09. The highest BCUT2D eigenvalue weighted by atomic mass is 35.5. The molecule has 0 unspecified atom stereocenters. The summed E-state index contributed by atoms with van der Waals surface area (Å²) in [7, 11) is -3.87. The van der Waals surface area contributed by atoms with Gasteiger partial charge in [0.1, 0.15) is 0 Å². The second-order valence-corrected chi connectivity index (χ2v) is 6.40. The van der Waals surface area contributed by atoms with Gasteiger partial charge in [-0.05, 0) is 24.6 Å². The number of hydrazine groups is 1. The zero-order valence-electron chi connectivity index (χ0n) is 9.44. The fourth-order valence-corrected chi connectivity index (χ4v) is 3.36. The number of carbonyl (C=O) groups excluding carboxylic acids is 1. The second kappa shape index (κ2) is 5.89. The predicted octanol–water partition coefficient (Wildman–Crippen LogP) is 0.378. The van der Waals surface area contributed by atoms with Crippen molar-refractivity contribution in [2.24, 2.45) is 11.0 Å². The van der Waals surface area contributed by atoms with E-state index >= 15 is 0 Å². The first-order valence-corrected chi connectivity index (χ1v) is 7.62. The summed E-state index contributed by atoms with van der Waals surface area (Å²) in [5.41, 5.74) is 2.54. The molecular weight excluding hydrogens is 298 g/mol. The normalized spacial score (nSPS) is 11.3. The first-order chi connectivity index (χ1) is 8.25. The lowest BCUT2D eigenvalue weighted by atomic mass is 10.2. The quantitative estimate of drug-likeness (QED) is 0.322. The van der Waals surface area contributed by atoms with Crippen LogP contribution in [0.5, 0.6) is 0 Å². The zero-order valence-corrected chi connectivity index (χ0v) is 11.8. The Bertz CT molecular complexity index is 575. The van der Waals surface area contributed by atoms with E-state index in [9.17, 15) is 13.2 Å². The van der Waals surface area contributed by atoms with E-state index in [4.69, 9.17) is 22.6 Å². The number of thioether (sulfide) groups is 1. The maximum Gasteiger partial charge on any atom is 0.244 e. The Labute approximate surface area is 114 Å². The lowest BCUT2D eigenvalue weighted by Crippen LogP contribution is -2.31. The van der Waals surface area contributed by atoms with Crippen LogP contribution in [-0.2, 0) is 14.8 Å². The highest BCUT2D eigenvalue weighted by Gasteiger charge is 2.17. The van der Waals surface area contributed by atoms with Crippen LogP contribution in [-0.4, -0.2) is 20.1 Å². The SMILES string of the molecule is Cc1cc(S(N)(=O)=O)c(SCC(=O)NN)cc1Cl. The molecule has 1 aromatic rings. The van der Waals surface area contributed by atoms with E-state index in [1.807, 2.05) is 5.43 Å². The fraction of sp³-hybridized carbons (Fsp3) is 0.222. The molecule has 100 valence electrons. The van der Waals surface area contributed by atoms with Crippen LogP contribution in [0.4, 0.5) is 0 Å². The summed E-state index contributed by atoms with van der Waals surface area (Å²) >= 11 is 6.90. The molecule has 0 fully saturated rings. The van der Waals surface area contributed by atoms with Crippen LogP contribution < -0.4 is 16.4 Å².